The van der Waals surface area contributed by atoms with Crippen molar-refractivity contribution in [2.45, 2.75) is 20.2 Å². The van der Waals surface area contributed by atoms with E-state index in [1.54, 1.807) is 0 Å². The first-order valence-corrected chi connectivity index (χ1v) is 4.03. The molecule has 10 heavy (non-hydrogen) atoms. The standard InChI is InChI=1S/C4H9FO4S/c1-3-8-10(6,7)9-4(2)5/h4H,3H2,1-2H3. The topological polar surface area (TPSA) is 52.6 Å². The molecule has 0 aliphatic carbocycles. The number of hydrogen-bond donors (Lipinski definition) is 0. The van der Waals surface area contributed by atoms with E-state index in [1.165, 1.54) is 6.92 Å². The zero-order chi connectivity index (χ0) is 8.20. The molecule has 0 saturated heterocycles. The molecular weight excluding hydrogens is 163 g/mol. The maximum atomic E-state index is 11.8. The first-order chi connectivity index (χ1) is 4.48. The molecule has 4 nitrogen and oxygen atoms in total. The van der Waals surface area contributed by atoms with Gasteiger partial charge in [-0.2, -0.15) is 8.42 Å². The lowest BCUT2D eigenvalue weighted by Crippen LogP contribution is -2.13. The van der Waals surface area contributed by atoms with Gasteiger partial charge in [0.15, 0.2) is 0 Å². The average Bonchev–Trinajstić information content (AvgIpc) is 1.59. The molecule has 62 valence electrons. The SMILES string of the molecule is CCOS(=O)(=O)OC(C)F. The van der Waals surface area contributed by atoms with Crippen LogP contribution in [-0.4, -0.2) is 21.4 Å². The Labute approximate surface area is 59.3 Å². The summed E-state index contributed by atoms with van der Waals surface area (Å²) in [4.78, 5) is 0. The lowest BCUT2D eigenvalue weighted by molar-refractivity contribution is 0.0705. The molecule has 0 amide bonds. The first kappa shape index (κ1) is 9.80. The van der Waals surface area contributed by atoms with E-state index in [0.29, 0.717) is 0 Å². The summed E-state index contributed by atoms with van der Waals surface area (Å²) in [6, 6.07) is 0. The molecule has 1 unspecified atom stereocenters. The molecular formula is C4H9FO4S. The third-order valence-electron chi connectivity index (χ3n) is 0.513. The van der Waals surface area contributed by atoms with Crippen LogP contribution in [0.15, 0.2) is 0 Å². The highest BCUT2D eigenvalue weighted by atomic mass is 32.3. The van der Waals surface area contributed by atoms with E-state index in [2.05, 4.69) is 8.37 Å². The highest BCUT2D eigenvalue weighted by Crippen LogP contribution is 2.01. The van der Waals surface area contributed by atoms with Crippen molar-refractivity contribution in [1.29, 1.82) is 0 Å². The Balaban J connectivity index is 3.89. The van der Waals surface area contributed by atoms with E-state index in [1.807, 2.05) is 0 Å². The van der Waals surface area contributed by atoms with Gasteiger partial charge in [0.2, 0.25) is 6.36 Å². The normalized spacial score (nSPS) is 15.1. The molecule has 0 aliphatic heterocycles. The van der Waals surface area contributed by atoms with Crippen LogP contribution in [0.25, 0.3) is 0 Å². The van der Waals surface area contributed by atoms with Gasteiger partial charge >= 0.3 is 10.4 Å². The second-order valence-electron chi connectivity index (χ2n) is 1.45. The van der Waals surface area contributed by atoms with E-state index in [9.17, 15) is 12.8 Å². The lowest BCUT2D eigenvalue weighted by atomic mass is 10.8. The second kappa shape index (κ2) is 3.85. The first-order valence-electron chi connectivity index (χ1n) is 2.69. The summed E-state index contributed by atoms with van der Waals surface area (Å²) in [5, 5.41) is 0. The van der Waals surface area contributed by atoms with Gasteiger partial charge in [-0.25, -0.2) is 12.8 Å². The van der Waals surface area contributed by atoms with Crippen molar-refractivity contribution in [1.82, 2.24) is 0 Å². The number of alkyl halides is 1. The molecule has 1 atom stereocenters. The molecule has 0 aromatic rings. The van der Waals surface area contributed by atoms with Crippen LogP contribution in [0, 0.1) is 0 Å². The Morgan fingerprint density at radius 1 is 1.60 bits per heavy atom. The average molecular weight is 172 g/mol. The summed E-state index contributed by atoms with van der Waals surface area (Å²) in [5.41, 5.74) is 0. The van der Waals surface area contributed by atoms with Crippen molar-refractivity contribution in [3.8, 4) is 0 Å². The molecule has 0 aliphatic rings. The summed E-state index contributed by atoms with van der Waals surface area (Å²) >= 11 is 0. The number of halogens is 1. The van der Waals surface area contributed by atoms with Crippen LogP contribution >= 0.6 is 0 Å². The van der Waals surface area contributed by atoms with E-state index < -0.39 is 16.8 Å². The second-order valence-corrected chi connectivity index (χ2v) is 2.70. The summed E-state index contributed by atoms with van der Waals surface area (Å²) in [6.07, 6.45) is -1.86. The predicted octanol–water partition coefficient (Wildman–Crippen LogP) is 0.600. The molecule has 0 radical (unpaired) electrons. The fourth-order valence-electron chi connectivity index (χ4n) is 0.335. The summed E-state index contributed by atoms with van der Waals surface area (Å²) < 4.78 is 40.4. The van der Waals surface area contributed by atoms with Crippen molar-refractivity contribution in [3.05, 3.63) is 0 Å². The molecule has 0 aromatic carbocycles. The Kier molecular flexibility index (Phi) is 3.77. The third kappa shape index (κ3) is 4.66. The van der Waals surface area contributed by atoms with Crippen molar-refractivity contribution in [2.75, 3.05) is 6.61 Å². The highest BCUT2D eigenvalue weighted by Gasteiger charge is 2.14. The molecule has 0 N–H and O–H groups in total. The fourth-order valence-corrected chi connectivity index (χ4v) is 1.00. The van der Waals surface area contributed by atoms with Crippen LogP contribution in [0.1, 0.15) is 13.8 Å². The van der Waals surface area contributed by atoms with Crippen LogP contribution in [0.4, 0.5) is 4.39 Å². The Morgan fingerprint density at radius 3 is 2.40 bits per heavy atom. The molecule has 0 saturated carbocycles. The number of rotatable bonds is 4. The quantitative estimate of drug-likeness (QED) is 0.623. The van der Waals surface area contributed by atoms with Gasteiger partial charge in [-0.05, 0) is 13.8 Å². The summed E-state index contributed by atoms with van der Waals surface area (Å²) in [5.74, 6) is 0. The third-order valence-corrected chi connectivity index (χ3v) is 1.54. The van der Waals surface area contributed by atoms with Crippen LogP contribution in [0.5, 0.6) is 0 Å². The molecule has 6 heteroatoms. The van der Waals surface area contributed by atoms with Gasteiger partial charge in [0, 0.05) is 0 Å². The van der Waals surface area contributed by atoms with E-state index in [4.69, 9.17) is 0 Å². The van der Waals surface area contributed by atoms with Gasteiger partial charge in [0.25, 0.3) is 0 Å². The smallest absolute Gasteiger partial charge is 0.248 e. The van der Waals surface area contributed by atoms with E-state index >= 15 is 0 Å². The van der Waals surface area contributed by atoms with Crippen molar-refractivity contribution >= 4 is 10.4 Å². The molecule has 0 rings (SSSR count). The van der Waals surface area contributed by atoms with Crippen LogP contribution in [-0.2, 0) is 18.8 Å². The summed E-state index contributed by atoms with van der Waals surface area (Å²) in [7, 11) is -4.11. The Hall–Kier alpha value is -0.200. The van der Waals surface area contributed by atoms with Gasteiger partial charge in [0.05, 0.1) is 6.61 Å². The molecule has 0 fully saturated rings. The Morgan fingerprint density at radius 2 is 2.10 bits per heavy atom. The minimum absolute atomic E-state index is 0.0605. The van der Waals surface area contributed by atoms with Gasteiger partial charge in [-0.3, -0.25) is 0 Å². The Bertz CT molecular complexity index is 174. The highest BCUT2D eigenvalue weighted by molar-refractivity contribution is 7.81. The monoisotopic (exact) mass is 172 g/mol. The predicted molar refractivity (Wildman–Crippen MR) is 32.2 cm³/mol. The van der Waals surface area contributed by atoms with Gasteiger partial charge < -0.3 is 0 Å². The molecule has 0 heterocycles. The van der Waals surface area contributed by atoms with Crippen LogP contribution in [0.3, 0.4) is 0 Å². The van der Waals surface area contributed by atoms with E-state index in [-0.39, 0.29) is 6.61 Å². The largest absolute Gasteiger partial charge is 0.402 e. The van der Waals surface area contributed by atoms with Gasteiger partial charge in [-0.1, -0.05) is 0 Å². The minimum Gasteiger partial charge on any atom is -0.248 e. The van der Waals surface area contributed by atoms with Crippen molar-refractivity contribution in [2.24, 2.45) is 0 Å². The summed E-state index contributed by atoms with van der Waals surface area (Å²) in [6.45, 7) is 2.36. The zero-order valence-electron chi connectivity index (χ0n) is 5.70. The molecule has 0 aromatic heterocycles. The maximum absolute atomic E-state index is 11.8. The molecule has 0 spiro atoms. The van der Waals surface area contributed by atoms with Crippen LogP contribution < -0.4 is 0 Å². The van der Waals surface area contributed by atoms with E-state index in [0.717, 1.165) is 6.92 Å². The zero-order valence-corrected chi connectivity index (χ0v) is 6.52. The molecule has 0 bridgehead atoms. The fraction of sp³-hybridized carbons (Fsp3) is 1.00. The van der Waals surface area contributed by atoms with Crippen LogP contribution in [0.2, 0.25) is 0 Å². The van der Waals surface area contributed by atoms with Crippen molar-refractivity contribution < 1.29 is 21.2 Å². The lowest BCUT2D eigenvalue weighted by Gasteiger charge is -2.03. The maximum Gasteiger partial charge on any atom is 0.402 e. The van der Waals surface area contributed by atoms with Crippen molar-refractivity contribution in [3.63, 3.8) is 0 Å². The van der Waals surface area contributed by atoms with Gasteiger partial charge in [0.1, 0.15) is 0 Å². The number of hydrogen-bond acceptors (Lipinski definition) is 4. The minimum atomic E-state index is -4.11. The van der Waals surface area contributed by atoms with Gasteiger partial charge in [-0.15, -0.1) is 0 Å².